The Kier molecular flexibility index (Phi) is 6.70. The smallest absolute Gasteiger partial charge is 0.269 e. The van der Waals surface area contributed by atoms with Gasteiger partial charge in [-0.05, 0) is 42.4 Å². The molecule has 35 heavy (non-hydrogen) atoms. The molecular formula is C28H25N3O2S2. The molecule has 2 aliphatic heterocycles. The molecule has 0 radical (unpaired) electrons. The van der Waals surface area contributed by atoms with Gasteiger partial charge < -0.3 is 9.64 Å². The van der Waals surface area contributed by atoms with E-state index in [4.69, 9.17) is 9.73 Å². The number of rotatable bonds is 6. The predicted octanol–water partition coefficient (Wildman–Crippen LogP) is 6.91. The van der Waals surface area contributed by atoms with E-state index in [1.165, 1.54) is 11.8 Å². The molecule has 2 aliphatic rings. The van der Waals surface area contributed by atoms with Crippen molar-refractivity contribution >= 4 is 46.0 Å². The van der Waals surface area contributed by atoms with Crippen LogP contribution in [0.5, 0.6) is 5.75 Å². The van der Waals surface area contributed by atoms with E-state index >= 15 is 0 Å². The number of thioether (sulfide) groups is 2. The largest absolute Gasteiger partial charge is 0.497 e. The fraction of sp³-hybridized carbons (Fsp3) is 0.143. The number of anilines is 1. The number of fused-ring (bicyclic) bond motifs is 1. The number of carbonyl (C=O) groups is 1. The molecule has 0 atom stereocenters. The maximum Gasteiger partial charge on any atom is 0.269 e. The molecule has 1 saturated heterocycles. The lowest BCUT2D eigenvalue weighted by Crippen LogP contribution is -2.30. The minimum Gasteiger partial charge on any atom is -0.497 e. The molecule has 5 rings (SSSR count). The number of hydrogen-bond acceptors (Lipinski definition) is 6. The summed E-state index contributed by atoms with van der Waals surface area (Å²) in [5, 5.41) is 1.59. The van der Waals surface area contributed by atoms with Crippen molar-refractivity contribution < 1.29 is 9.53 Å². The first-order valence-corrected chi connectivity index (χ1v) is 13.0. The molecule has 1 fully saturated rings. The molecule has 2 heterocycles. The zero-order valence-electron chi connectivity index (χ0n) is 19.6. The summed E-state index contributed by atoms with van der Waals surface area (Å²) in [5.41, 5.74) is 4.00. The Morgan fingerprint density at radius 3 is 2.51 bits per heavy atom. The van der Waals surface area contributed by atoms with E-state index in [2.05, 4.69) is 36.6 Å². The van der Waals surface area contributed by atoms with E-state index in [1.807, 2.05) is 54.6 Å². The molecular weight excluding hydrogens is 474 g/mol. The van der Waals surface area contributed by atoms with Gasteiger partial charge >= 0.3 is 0 Å². The maximum absolute atomic E-state index is 13.6. The Morgan fingerprint density at radius 2 is 1.77 bits per heavy atom. The fourth-order valence-electron chi connectivity index (χ4n) is 4.12. The van der Waals surface area contributed by atoms with Gasteiger partial charge in [-0.3, -0.25) is 9.69 Å². The molecule has 0 unspecified atom stereocenters. The Balaban J connectivity index is 1.57. The van der Waals surface area contributed by atoms with Gasteiger partial charge in [-0.2, -0.15) is 0 Å². The Morgan fingerprint density at radius 1 is 1.00 bits per heavy atom. The maximum atomic E-state index is 13.6. The minimum atomic E-state index is -0.0495. The van der Waals surface area contributed by atoms with Gasteiger partial charge in [0, 0.05) is 29.6 Å². The van der Waals surface area contributed by atoms with Crippen LogP contribution in [-0.2, 0) is 4.79 Å². The van der Waals surface area contributed by atoms with Gasteiger partial charge in [-0.25, -0.2) is 4.99 Å². The lowest BCUT2D eigenvalue weighted by molar-refractivity contribution is -0.121. The molecule has 0 spiro atoms. The molecule has 5 nitrogen and oxygen atoms in total. The summed E-state index contributed by atoms with van der Waals surface area (Å²) in [5.74, 6) is 0.749. The zero-order chi connectivity index (χ0) is 24.4. The topological polar surface area (TPSA) is 45.1 Å². The zero-order valence-corrected chi connectivity index (χ0v) is 21.2. The lowest BCUT2D eigenvalue weighted by atomic mass is 10.0. The summed E-state index contributed by atoms with van der Waals surface area (Å²) in [7, 11) is 1.67. The highest BCUT2D eigenvalue weighted by atomic mass is 32.2. The highest BCUT2D eigenvalue weighted by Gasteiger charge is 2.39. The molecule has 0 bridgehead atoms. The van der Waals surface area contributed by atoms with E-state index in [0.717, 1.165) is 44.7 Å². The van der Waals surface area contributed by atoms with Crippen LogP contribution in [0.15, 0.2) is 105 Å². The van der Waals surface area contributed by atoms with Crippen LogP contribution >= 0.6 is 23.5 Å². The van der Waals surface area contributed by atoms with Gasteiger partial charge in [0.1, 0.15) is 15.7 Å². The van der Waals surface area contributed by atoms with Crippen molar-refractivity contribution in [1.82, 2.24) is 4.90 Å². The van der Waals surface area contributed by atoms with Gasteiger partial charge in [-0.15, -0.1) is 6.58 Å². The standard InChI is InChI=1S/C28H25N3O2S2/c1-4-17-31-26(32)25(27-30(5-2)23-18-20(33-3)15-16-24(23)34-27)35-28(31)29-22-14-10-9-13-21(22)19-11-7-6-8-12-19/h4,6-16,18H,1,5,17H2,2-3H3. The van der Waals surface area contributed by atoms with Crippen LogP contribution in [0.4, 0.5) is 11.4 Å². The van der Waals surface area contributed by atoms with E-state index in [1.54, 1.807) is 29.8 Å². The van der Waals surface area contributed by atoms with Crippen molar-refractivity contribution in [3.63, 3.8) is 0 Å². The average molecular weight is 500 g/mol. The third-order valence-electron chi connectivity index (χ3n) is 5.80. The molecule has 0 saturated carbocycles. The molecule has 176 valence electrons. The van der Waals surface area contributed by atoms with E-state index in [0.29, 0.717) is 16.6 Å². The number of amides is 1. The number of aliphatic imine (C=N–C) groups is 1. The number of para-hydroxylation sites is 1. The Hall–Kier alpha value is -3.42. The van der Waals surface area contributed by atoms with Crippen LogP contribution < -0.4 is 9.64 Å². The number of carbonyl (C=O) groups excluding carboxylic acids is 1. The first-order valence-electron chi connectivity index (χ1n) is 11.4. The van der Waals surface area contributed by atoms with Crippen molar-refractivity contribution in [2.45, 2.75) is 11.8 Å². The molecule has 3 aromatic rings. The number of nitrogens with zero attached hydrogens (tertiary/aromatic N) is 3. The Labute approximate surface area is 214 Å². The van der Waals surface area contributed by atoms with Gasteiger partial charge in [0.2, 0.25) is 0 Å². The van der Waals surface area contributed by atoms with Crippen molar-refractivity contribution in [3.8, 4) is 16.9 Å². The van der Waals surface area contributed by atoms with Gasteiger partial charge in [0.15, 0.2) is 5.17 Å². The summed E-state index contributed by atoms with van der Waals surface area (Å²) in [4.78, 5) is 24.3. The van der Waals surface area contributed by atoms with Crippen LogP contribution in [0.25, 0.3) is 11.1 Å². The van der Waals surface area contributed by atoms with Crippen molar-refractivity contribution in [1.29, 1.82) is 0 Å². The van der Waals surface area contributed by atoms with Gasteiger partial charge in [0.05, 0.1) is 18.5 Å². The van der Waals surface area contributed by atoms with Crippen molar-refractivity contribution in [2.75, 3.05) is 25.1 Å². The highest BCUT2D eigenvalue weighted by molar-refractivity contribution is 8.19. The molecule has 0 aromatic heterocycles. The van der Waals surface area contributed by atoms with E-state index in [9.17, 15) is 4.79 Å². The average Bonchev–Trinajstić information content (AvgIpc) is 3.41. The Bertz CT molecular complexity index is 1350. The van der Waals surface area contributed by atoms with Crippen LogP contribution in [0.2, 0.25) is 0 Å². The highest BCUT2D eigenvalue weighted by Crippen LogP contribution is 2.51. The lowest BCUT2D eigenvalue weighted by Gasteiger charge is -2.19. The molecule has 0 aliphatic carbocycles. The minimum absolute atomic E-state index is 0.0495. The van der Waals surface area contributed by atoms with Gasteiger partial charge in [-0.1, -0.05) is 66.4 Å². The second-order valence-corrected chi connectivity index (χ2v) is 9.91. The van der Waals surface area contributed by atoms with E-state index in [-0.39, 0.29) is 5.91 Å². The monoisotopic (exact) mass is 499 g/mol. The molecule has 7 heteroatoms. The van der Waals surface area contributed by atoms with Crippen LogP contribution in [0.1, 0.15) is 6.92 Å². The number of methoxy groups -OCH3 is 1. The third kappa shape index (κ3) is 4.37. The first kappa shape index (κ1) is 23.3. The summed E-state index contributed by atoms with van der Waals surface area (Å²) < 4.78 is 5.43. The van der Waals surface area contributed by atoms with Gasteiger partial charge in [0.25, 0.3) is 5.91 Å². The third-order valence-corrected chi connectivity index (χ3v) is 8.18. The number of benzene rings is 3. The number of amidine groups is 1. The summed E-state index contributed by atoms with van der Waals surface area (Å²) in [6, 6.07) is 24.2. The van der Waals surface area contributed by atoms with E-state index < -0.39 is 0 Å². The van der Waals surface area contributed by atoms with Crippen molar-refractivity contribution in [2.24, 2.45) is 4.99 Å². The van der Waals surface area contributed by atoms with Crippen LogP contribution in [-0.4, -0.2) is 36.2 Å². The second kappa shape index (κ2) is 10.1. The normalized spacial score (nSPS) is 18.3. The first-order chi connectivity index (χ1) is 17.1. The quantitative estimate of drug-likeness (QED) is 0.272. The number of ether oxygens (including phenoxy) is 1. The predicted molar refractivity (Wildman–Crippen MR) is 147 cm³/mol. The molecule has 0 N–H and O–H groups in total. The summed E-state index contributed by atoms with van der Waals surface area (Å²) in [6.45, 7) is 7.09. The second-order valence-electron chi connectivity index (χ2n) is 7.90. The SMILES string of the molecule is C=CCN1C(=O)C(=C2Sc3ccc(OC)cc3N2CC)SC1=Nc1ccccc1-c1ccccc1. The van der Waals surface area contributed by atoms with Crippen LogP contribution in [0.3, 0.4) is 0 Å². The molecule has 1 amide bonds. The summed E-state index contributed by atoms with van der Waals surface area (Å²) >= 11 is 3.05. The van der Waals surface area contributed by atoms with Crippen molar-refractivity contribution in [3.05, 3.63) is 95.4 Å². The fourth-order valence-corrected chi connectivity index (χ4v) is 6.49. The van der Waals surface area contributed by atoms with Crippen LogP contribution in [0, 0.1) is 0 Å². The summed E-state index contributed by atoms with van der Waals surface area (Å²) in [6.07, 6.45) is 1.74. The molecule has 3 aromatic carbocycles. The number of hydrogen-bond donors (Lipinski definition) is 0.